The van der Waals surface area contributed by atoms with Crippen molar-refractivity contribution in [2.45, 2.75) is 13.5 Å². The first-order chi connectivity index (χ1) is 7.66. The minimum atomic E-state index is 0. The van der Waals surface area contributed by atoms with E-state index in [4.69, 9.17) is 0 Å². The molecule has 0 N–H and O–H groups in total. The van der Waals surface area contributed by atoms with E-state index in [-0.39, 0.29) is 30.7 Å². The zero-order valence-electron chi connectivity index (χ0n) is 10.7. The van der Waals surface area contributed by atoms with Crippen LogP contribution in [0.1, 0.15) is 12.7 Å². The summed E-state index contributed by atoms with van der Waals surface area (Å²) in [6.07, 6.45) is 3.78. The normalized spacial score (nSPS) is 15.8. The van der Waals surface area contributed by atoms with Gasteiger partial charge in [-0.1, -0.05) is 0 Å². The van der Waals surface area contributed by atoms with Crippen LogP contribution in [0.15, 0.2) is 12.4 Å². The molecule has 1 saturated heterocycles. The first-order valence-electron chi connectivity index (χ1n) is 5.61. The Morgan fingerprint density at radius 3 is 2.33 bits per heavy atom. The number of nitrogens with zero attached hydrogens (tertiary/aromatic N) is 4. The molecule has 1 fully saturated rings. The van der Waals surface area contributed by atoms with Crippen LogP contribution in [-0.4, -0.2) is 51.4 Å². The molecule has 104 valence electrons. The van der Waals surface area contributed by atoms with E-state index < -0.39 is 0 Å². The van der Waals surface area contributed by atoms with E-state index in [9.17, 15) is 4.79 Å². The Hall–Kier alpha value is -0.780. The fraction of sp³-hybridized carbons (Fsp3) is 0.636. The number of rotatable bonds is 2. The predicted octanol–water partition coefficient (Wildman–Crippen LogP) is 0.928. The molecular formula is C11H20Cl2N4O. The number of amides is 1. The molecule has 0 saturated carbocycles. The molecule has 0 radical (unpaired) electrons. The zero-order chi connectivity index (χ0) is 11.5. The molecule has 0 aliphatic carbocycles. The van der Waals surface area contributed by atoms with Crippen molar-refractivity contribution < 1.29 is 4.79 Å². The second-order valence-corrected chi connectivity index (χ2v) is 4.24. The molecule has 18 heavy (non-hydrogen) atoms. The molecule has 1 aromatic rings. The summed E-state index contributed by atoms with van der Waals surface area (Å²) >= 11 is 0. The molecule has 0 spiro atoms. The third kappa shape index (κ3) is 4.15. The Kier molecular flexibility index (Phi) is 7.28. The first-order valence-corrected chi connectivity index (χ1v) is 5.61. The highest BCUT2D eigenvalue weighted by molar-refractivity contribution is 5.85. The molecule has 0 unspecified atom stereocenters. The minimum absolute atomic E-state index is 0. The molecule has 2 rings (SSSR count). The highest BCUT2D eigenvalue weighted by Crippen LogP contribution is 2.06. The highest BCUT2D eigenvalue weighted by atomic mass is 35.5. The molecule has 1 aliphatic heterocycles. The van der Waals surface area contributed by atoms with Gasteiger partial charge >= 0.3 is 0 Å². The average molecular weight is 295 g/mol. The monoisotopic (exact) mass is 294 g/mol. The summed E-state index contributed by atoms with van der Waals surface area (Å²) in [5, 5.41) is 0. The molecule has 0 bridgehead atoms. The summed E-state index contributed by atoms with van der Waals surface area (Å²) < 4.78 is 2.04. The van der Waals surface area contributed by atoms with Crippen LogP contribution in [-0.2, 0) is 18.4 Å². The average Bonchev–Trinajstić information content (AvgIpc) is 2.65. The molecule has 1 amide bonds. The van der Waals surface area contributed by atoms with Gasteiger partial charge in [0.05, 0.1) is 6.54 Å². The molecule has 0 atom stereocenters. The predicted molar refractivity (Wildman–Crippen MR) is 75.2 cm³/mol. The number of hydrogen-bond donors (Lipinski definition) is 0. The van der Waals surface area contributed by atoms with Gasteiger partial charge in [0.2, 0.25) is 5.91 Å². The lowest BCUT2D eigenvalue weighted by molar-refractivity contribution is -0.130. The number of carbonyl (C=O) groups excluding carboxylic acids is 1. The van der Waals surface area contributed by atoms with Crippen molar-refractivity contribution in [1.82, 2.24) is 19.4 Å². The summed E-state index contributed by atoms with van der Waals surface area (Å²) in [6, 6.07) is 0. The lowest BCUT2D eigenvalue weighted by Gasteiger charge is -2.33. The Morgan fingerprint density at radius 2 is 1.89 bits per heavy atom. The molecule has 1 aromatic heterocycles. The van der Waals surface area contributed by atoms with Crippen LogP contribution in [0.25, 0.3) is 0 Å². The van der Waals surface area contributed by atoms with Gasteiger partial charge < -0.3 is 9.47 Å². The highest BCUT2D eigenvalue weighted by Gasteiger charge is 2.19. The Bertz CT molecular complexity index is 375. The number of aryl methyl sites for hydroxylation is 1. The van der Waals surface area contributed by atoms with E-state index in [0.717, 1.165) is 38.5 Å². The summed E-state index contributed by atoms with van der Waals surface area (Å²) in [4.78, 5) is 19.7. The van der Waals surface area contributed by atoms with Crippen LogP contribution in [0.5, 0.6) is 0 Å². The molecular weight excluding hydrogens is 275 g/mol. The fourth-order valence-corrected chi connectivity index (χ4v) is 1.97. The van der Waals surface area contributed by atoms with Crippen molar-refractivity contribution in [3.05, 3.63) is 18.2 Å². The van der Waals surface area contributed by atoms with Crippen LogP contribution in [0.2, 0.25) is 0 Å². The van der Waals surface area contributed by atoms with Gasteiger partial charge in [-0.3, -0.25) is 9.69 Å². The number of carbonyl (C=O) groups is 1. The Labute approximate surface area is 120 Å². The largest absolute Gasteiger partial charge is 0.340 e. The standard InChI is InChI=1S/C11H18N4O.2ClH/c1-10(16)15-7-5-14(6-8-15)9-11-12-3-4-13(11)2;;/h3-4H,5-9H2,1-2H3;2*1H. The molecule has 7 heteroatoms. The molecule has 1 aliphatic rings. The lowest BCUT2D eigenvalue weighted by Crippen LogP contribution is -2.47. The number of hydrogen-bond acceptors (Lipinski definition) is 3. The van der Waals surface area contributed by atoms with Gasteiger partial charge in [-0.2, -0.15) is 0 Å². The van der Waals surface area contributed by atoms with Crippen molar-refractivity contribution in [2.75, 3.05) is 26.2 Å². The molecule has 2 heterocycles. The quantitative estimate of drug-likeness (QED) is 0.815. The zero-order valence-corrected chi connectivity index (χ0v) is 12.3. The van der Waals surface area contributed by atoms with Crippen LogP contribution >= 0.6 is 24.8 Å². The second kappa shape index (κ2) is 7.61. The van der Waals surface area contributed by atoms with Gasteiger partial charge in [0.1, 0.15) is 5.82 Å². The lowest BCUT2D eigenvalue weighted by atomic mass is 10.3. The molecule has 5 nitrogen and oxygen atoms in total. The summed E-state index contributed by atoms with van der Waals surface area (Å²) in [7, 11) is 2.01. The van der Waals surface area contributed by atoms with Gasteiger partial charge in [0.15, 0.2) is 0 Å². The van der Waals surface area contributed by atoms with Crippen LogP contribution in [0, 0.1) is 0 Å². The maximum absolute atomic E-state index is 11.2. The van der Waals surface area contributed by atoms with Gasteiger partial charge in [0, 0.05) is 52.5 Å². The first kappa shape index (κ1) is 17.2. The maximum atomic E-state index is 11.2. The van der Waals surface area contributed by atoms with Crippen molar-refractivity contribution in [2.24, 2.45) is 7.05 Å². The Balaban J connectivity index is 0.00000144. The van der Waals surface area contributed by atoms with E-state index in [1.807, 2.05) is 28.9 Å². The number of aromatic nitrogens is 2. The summed E-state index contributed by atoms with van der Waals surface area (Å²) in [6.45, 7) is 6.04. The summed E-state index contributed by atoms with van der Waals surface area (Å²) in [5.74, 6) is 1.26. The van der Waals surface area contributed by atoms with Gasteiger partial charge in [-0.05, 0) is 0 Å². The van der Waals surface area contributed by atoms with Crippen molar-refractivity contribution >= 4 is 30.7 Å². The SMILES string of the molecule is CC(=O)N1CCN(Cc2nccn2C)CC1.Cl.Cl. The van der Waals surface area contributed by atoms with E-state index in [1.54, 1.807) is 6.92 Å². The fourth-order valence-electron chi connectivity index (χ4n) is 1.97. The van der Waals surface area contributed by atoms with Crippen molar-refractivity contribution in [3.8, 4) is 0 Å². The smallest absolute Gasteiger partial charge is 0.219 e. The number of piperazine rings is 1. The van der Waals surface area contributed by atoms with E-state index in [0.29, 0.717) is 0 Å². The third-order valence-electron chi connectivity index (χ3n) is 3.10. The third-order valence-corrected chi connectivity index (χ3v) is 3.10. The number of halogens is 2. The van der Waals surface area contributed by atoms with Crippen LogP contribution in [0.3, 0.4) is 0 Å². The van der Waals surface area contributed by atoms with Crippen LogP contribution in [0.4, 0.5) is 0 Å². The maximum Gasteiger partial charge on any atom is 0.219 e. The number of imidazole rings is 1. The van der Waals surface area contributed by atoms with Crippen molar-refractivity contribution in [3.63, 3.8) is 0 Å². The van der Waals surface area contributed by atoms with Gasteiger partial charge in [-0.25, -0.2) is 4.98 Å². The summed E-state index contributed by atoms with van der Waals surface area (Å²) in [5.41, 5.74) is 0. The van der Waals surface area contributed by atoms with E-state index in [1.165, 1.54) is 0 Å². The van der Waals surface area contributed by atoms with Gasteiger partial charge in [-0.15, -0.1) is 24.8 Å². The van der Waals surface area contributed by atoms with E-state index >= 15 is 0 Å². The van der Waals surface area contributed by atoms with Crippen molar-refractivity contribution in [1.29, 1.82) is 0 Å². The van der Waals surface area contributed by atoms with Gasteiger partial charge in [0.25, 0.3) is 0 Å². The van der Waals surface area contributed by atoms with E-state index in [2.05, 4.69) is 9.88 Å². The van der Waals surface area contributed by atoms with Crippen LogP contribution < -0.4 is 0 Å². The Morgan fingerprint density at radius 1 is 1.28 bits per heavy atom. The minimum Gasteiger partial charge on any atom is -0.340 e. The molecule has 0 aromatic carbocycles. The second-order valence-electron chi connectivity index (χ2n) is 4.24. The topological polar surface area (TPSA) is 41.4 Å².